The van der Waals surface area contributed by atoms with Crippen molar-refractivity contribution in [1.82, 2.24) is 0 Å². The van der Waals surface area contributed by atoms with Crippen molar-refractivity contribution >= 4 is 28.6 Å². The van der Waals surface area contributed by atoms with Gasteiger partial charge in [0, 0.05) is 11.3 Å². The molecule has 6 nitrogen and oxygen atoms in total. The zero-order valence-corrected chi connectivity index (χ0v) is 13.8. The highest BCUT2D eigenvalue weighted by atomic mass is 16.7. The summed E-state index contributed by atoms with van der Waals surface area (Å²) in [6.45, 7) is 0.0508. The lowest BCUT2D eigenvalue weighted by atomic mass is 10.1. The maximum atomic E-state index is 12.0. The van der Waals surface area contributed by atoms with Crippen LogP contribution in [0.1, 0.15) is 5.56 Å². The van der Waals surface area contributed by atoms with Gasteiger partial charge in [-0.1, -0.05) is 35.5 Å². The molecule has 0 bridgehead atoms. The molecule has 26 heavy (non-hydrogen) atoms. The largest absolute Gasteiger partial charge is 0.454 e. The highest BCUT2D eigenvalue weighted by Gasteiger charge is 2.12. The van der Waals surface area contributed by atoms with E-state index in [4.69, 9.17) is 14.3 Å². The second-order valence-electron chi connectivity index (χ2n) is 5.73. The van der Waals surface area contributed by atoms with Crippen molar-refractivity contribution < 1.29 is 19.1 Å². The minimum atomic E-state index is -0.275. The molecule has 0 radical (unpaired) electrons. The van der Waals surface area contributed by atoms with Gasteiger partial charge in [-0.05, 0) is 41.1 Å². The summed E-state index contributed by atoms with van der Waals surface area (Å²) in [6, 6.07) is 19.1. The average Bonchev–Trinajstić information content (AvgIpc) is 3.13. The molecule has 0 saturated heterocycles. The molecule has 0 saturated carbocycles. The van der Waals surface area contributed by atoms with Gasteiger partial charge in [-0.3, -0.25) is 4.79 Å². The number of benzene rings is 3. The highest BCUT2D eigenvalue weighted by Crippen LogP contribution is 2.31. The van der Waals surface area contributed by atoms with Gasteiger partial charge < -0.3 is 19.6 Å². The Morgan fingerprint density at radius 3 is 2.81 bits per heavy atom. The minimum absolute atomic E-state index is 0.173. The first-order valence-electron chi connectivity index (χ1n) is 8.11. The van der Waals surface area contributed by atoms with Crippen LogP contribution in [0.15, 0.2) is 65.8 Å². The van der Waals surface area contributed by atoms with Crippen molar-refractivity contribution in [2.24, 2.45) is 5.16 Å². The summed E-state index contributed by atoms with van der Waals surface area (Å²) in [4.78, 5) is 17.0. The highest BCUT2D eigenvalue weighted by molar-refractivity contribution is 5.95. The molecule has 130 valence electrons. The maximum absolute atomic E-state index is 12.0. The van der Waals surface area contributed by atoms with Crippen molar-refractivity contribution in [3.8, 4) is 11.5 Å². The second kappa shape index (κ2) is 7.14. The second-order valence-corrected chi connectivity index (χ2v) is 5.73. The third-order valence-electron chi connectivity index (χ3n) is 3.90. The number of carbonyl (C=O) groups excluding carboxylic acids is 1. The Morgan fingerprint density at radius 2 is 1.88 bits per heavy atom. The van der Waals surface area contributed by atoms with E-state index >= 15 is 0 Å². The number of nitrogens with zero attached hydrogens (tertiary/aromatic N) is 1. The monoisotopic (exact) mass is 348 g/mol. The summed E-state index contributed by atoms with van der Waals surface area (Å²) in [6.07, 6.45) is 1.52. The minimum Gasteiger partial charge on any atom is -0.454 e. The van der Waals surface area contributed by atoms with E-state index in [0.29, 0.717) is 11.5 Å². The molecule has 0 unspecified atom stereocenters. The van der Waals surface area contributed by atoms with Gasteiger partial charge in [-0.2, -0.15) is 0 Å². The van der Waals surface area contributed by atoms with Crippen molar-refractivity contribution in [3.63, 3.8) is 0 Å². The number of carbonyl (C=O) groups is 1. The number of amides is 1. The van der Waals surface area contributed by atoms with Crippen LogP contribution < -0.4 is 14.8 Å². The first kappa shape index (κ1) is 16.0. The van der Waals surface area contributed by atoms with Crippen LogP contribution in [0.2, 0.25) is 0 Å². The van der Waals surface area contributed by atoms with Crippen molar-refractivity contribution in [1.29, 1.82) is 0 Å². The molecule has 0 fully saturated rings. The first-order valence-corrected chi connectivity index (χ1v) is 8.11. The molecule has 0 aromatic heterocycles. The van der Waals surface area contributed by atoms with E-state index < -0.39 is 0 Å². The van der Waals surface area contributed by atoms with Crippen LogP contribution in [0.3, 0.4) is 0 Å². The van der Waals surface area contributed by atoms with Gasteiger partial charge in [-0.25, -0.2) is 0 Å². The number of ether oxygens (including phenoxy) is 2. The molecule has 1 amide bonds. The molecular weight excluding hydrogens is 332 g/mol. The van der Waals surface area contributed by atoms with Gasteiger partial charge in [0.05, 0.1) is 6.21 Å². The van der Waals surface area contributed by atoms with Crippen LogP contribution in [-0.2, 0) is 9.63 Å². The van der Waals surface area contributed by atoms with E-state index in [0.717, 1.165) is 22.0 Å². The lowest BCUT2D eigenvalue weighted by Gasteiger charge is -2.06. The van der Waals surface area contributed by atoms with Crippen LogP contribution in [0.5, 0.6) is 11.5 Å². The van der Waals surface area contributed by atoms with Gasteiger partial charge in [-0.15, -0.1) is 0 Å². The predicted octanol–water partition coefficient (Wildman–Crippen LogP) is 3.56. The smallest absolute Gasteiger partial charge is 0.265 e. The third-order valence-corrected chi connectivity index (χ3v) is 3.90. The molecule has 6 heteroatoms. The fraction of sp³-hybridized carbons (Fsp3) is 0.100. The van der Waals surface area contributed by atoms with E-state index in [1.54, 1.807) is 12.1 Å². The molecule has 4 rings (SSSR count). The number of oxime groups is 1. The fourth-order valence-corrected chi connectivity index (χ4v) is 2.65. The number of hydrogen-bond acceptors (Lipinski definition) is 5. The zero-order valence-electron chi connectivity index (χ0n) is 13.8. The van der Waals surface area contributed by atoms with E-state index in [1.807, 2.05) is 48.5 Å². The first-order chi connectivity index (χ1) is 12.8. The average molecular weight is 348 g/mol. The Kier molecular flexibility index (Phi) is 4.38. The molecule has 1 heterocycles. The number of nitrogens with one attached hydrogen (secondary N) is 1. The molecular formula is C20H16N2O4. The molecule has 3 aromatic carbocycles. The molecule has 1 N–H and O–H groups in total. The van der Waals surface area contributed by atoms with Gasteiger partial charge in [0.2, 0.25) is 6.79 Å². The van der Waals surface area contributed by atoms with Crippen molar-refractivity contribution in [2.75, 3.05) is 18.7 Å². The van der Waals surface area contributed by atoms with Crippen LogP contribution >= 0.6 is 0 Å². The molecule has 1 aliphatic rings. The van der Waals surface area contributed by atoms with Crippen molar-refractivity contribution in [3.05, 3.63) is 66.2 Å². The summed E-state index contributed by atoms with van der Waals surface area (Å²) < 4.78 is 10.5. The SMILES string of the molecule is O=C(CON=Cc1ccc2c(c1)OCO2)Nc1ccc2ccccc2c1. The number of anilines is 1. The normalized spacial score (nSPS) is 12.5. The summed E-state index contributed by atoms with van der Waals surface area (Å²) in [7, 11) is 0. The lowest BCUT2D eigenvalue weighted by Crippen LogP contribution is -2.16. The summed E-state index contributed by atoms with van der Waals surface area (Å²) in [5.41, 5.74) is 1.52. The van der Waals surface area contributed by atoms with Crippen LogP contribution in [0, 0.1) is 0 Å². The Hall–Kier alpha value is -3.54. The van der Waals surface area contributed by atoms with Gasteiger partial charge in [0.25, 0.3) is 5.91 Å². The Balaban J connectivity index is 1.30. The standard InChI is InChI=1S/C20H16N2O4/c23-20(22-17-7-6-15-3-1-2-4-16(15)10-17)12-26-21-11-14-5-8-18-19(9-14)25-13-24-18/h1-11H,12-13H2,(H,22,23). The number of fused-ring (bicyclic) bond motifs is 2. The summed E-state index contributed by atoms with van der Waals surface area (Å²) in [5, 5.41) is 8.79. The Morgan fingerprint density at radius 1 is 1.04 bits per heavy atom. The maximum Gasteiger partial charge on any atom is 0.265 e. The molecule has 0 atom stereocenters. The van der Waals surface area contributed by atoms with Crippen LogP contribution in [0.25, 0.3) is 10.8 Å². The molecule has 0 aliphatic carbocycles. The quantitative estimate of drug-likeness (QED) is 0.565. The van der Waals surface area contributed by atoms with E-state index in [-0.39, 0.29) is 19.3 Å². The van der Waals surface area contributed by atoms with Crippen LogP contribution in [0.4, 0.5) is 5.69 Å². The lowest BCUT2D eigenvalue weighted by molar-refractivity contribution is -0.120. The molecule has 0 spiro atoms. The molecule has 3 aromatic rings. The topological polar surface area (TPSA) is 69.2 Å². The van der Waals surface area contributed by atoms with Gasteiger partial charge in [0.15, 0.2) is 18.1 Å². The number of rotatable bonds is 5. The van der Waals surface area contributed by atoms with Crippen LogP contribution in [-0.4, -0.2) is 25.5 Å². The third kappa shape index (κ3) is 3.59. The predicted molar refractivity (Wildman–Crippen MR) is 98.7 cm³/mol. The summed E-state index contributed by atoms with van der Waals surface area (Å²) >= 11 is 0. The zero-order chi connectivity index (χ0) is 17.8. The fourth-order valence-electron chi connectivity index (χ4n) is 2.65. The molecule has 1 aliphatic heterocycles. The van der Waals surface area contributed by atoms with E-state index in [1.165, 1.54) is 6.21 Å². The van der Waals surface area contributed by atoms with E-state index in [2.05, 4.69) is 10.5 Å². The van der Waals surface area contributed by atoms with Gasteiger partial charge in [0.1, 0.15) is 0 Å². The van der Waals surface area contributed by atoms with E-state index in [9.17, 15) is 4.79 Å². The van der Waals surface area contributed by atoms with Crippen molar-refractivity contribution in [2.45, 2.75) is 0 Å². The number of hydrogen-bond donors (Lipinski definition) is 1. The van der Waals surface area contributed by atoms with Gasteiger partial charge >= 0.3 is 0 Å². The Bertz CT molecular complexity index is 984. The Labute approximate surface area is 150 Å². The summed E-state index contributed by atoms with van der Waals surface area (Å²) in [5.74, 6) is 1.10.